The van der Waals surface area contributed by atoms with Gasteiger partial charge in [-0.3, -0.25) is 10.1 Å². The van der Waals surface area contributed by atoms with Gasteiger partial charge >= 0.3 is 12.1 Å². The van der Waals surface area contributed by atoms with Crippen LogP contribution in [0.1, 0.15) is 0 Å². The van der Waals surface area contributed by atoms with Crippen LogP contribution in [0.2, 0.25) is 0 Å². The Kier molecular flexibility index (Phi) is 4.46. The summed E-state index contributed by atoms with van der Waals surface area (Å²) in [6.07, 6.45) is -10.1. The highest BCUT2D eigenvalue weighted by atomic mass is 19.4. The summed E-state index contributed by atoms with van der Waals surface area (Å²) >= 11 is 0. The van der Waals surface area contributed by atoms with Crippen LogP contribution in [0.25, 0.3) is 0 Å². The van der Waals surface area contributed by atoms with E-state index < -0.39 is 29.8 Å². The first-order valence-electron chi connectivity index (χ1n) is 5.00. The number of rotatable bonds is 5. The van der Waals surface area contributed by atoms with Gasteiger partial charge in [0.2, 0.25) is 0 Å². The lowest BCUT2D eigenvalue weighted by atomic mass is 10.2. The molecule has 20 heavy (non-hydrogen) atoms. The number of hydrogen-bond donors (Lipinski definition) is 0. The van der Waals surface area contributed by atoms with E-state index in [2.05, 4.69) is 4.74 Å². The second-order valence-electron chi connectivity index (χ2n) is 3.70. The number of hydrogen-bond acceptors (Lipinski definition) is 3. The largest absolute Gasteiger partial charge is 0.487 e. The zero-order valence-electron chi connectivity index (χ0n) is 9.53. The maximum atomic E-state index is 12.9. The fourth-order valence-corrected chi connectivity index (χ4v) is 1.16. The summed E-state index contributed by atoms with van der Waals surface area (Å²) in [6.45, 7) is -1.84. The average molecular weight is 303 g/mol. The minimum absolute atomic E-state index is 0.343. The zero-order valence-corrected chi connectivity index (χ0v) is 9.53. The number of nitro benzene ring substituents is 1. The highest BCUT2D eigenvalue weighted by Crippen LogP contribution is 2.35. The van der Waals surface area contributed by atoms with E-state index in [1.807, 2.05) is 0 Å². The summed E-state index contributed by atoms with van der Waals surface area (Å²) in [7, 11) is 0. The maximum absolute atomic E-state index is 12.9. The smallest absolute Gasteiger partial charge is 0.425 e. The topological polar surface area (TPSA) is 52.4 Å². The average Bonchev–Trinajstić information content (AvgIpc) is 2.35. The van der Waals surface area contributed by atoms with Crippen LogP contribution in [0.5, 0.6) is 5.75 Å². The van der Waals surface area contributed by atoms with Crippen molar-refractivity contribution in [1.82, 2.24) is 0 Å². The second kappa shape index (κ2) is 5.55. The van der Waals surface area contributed by atoms with E-state index in [4.69, 9.17) is 0 Å². The third kappa shape index (κ3) is 4.00. The highest BCUT2D eigenvalue weighted by molar-refractivity contribution is 5.35. The van der Waals surface area contributed by atoms with Crippen molar-refractivity contribution in [3.63, 3.8) is 0 Å². The lowest BCUT2D eigenvalue weighted by molar-refractivity contribution is -0.384. The molecule has 0 bridgehead atoms. The van der Waals surface area contributed by atoms with Gasteiger partial charge in [-0.25, -0.2) is 4.39 Å². The Hall–Kier alpha value is -2.00. The molecule has 0 aromatic heterocycles. The van der Waals surface area contributed by atoms with E-state index in [0.29, 0.717) is 0 Å². The quantitative estimate of drug-likeness (QED) is 0.475. The molecule has 0 saturated heterocycles. The monoisotopic (exact) mass is 303 g/mol. The van der Waals surface area contributed by atoms with Crippen LogP contribution in [0.15, 0.2) is 24.3 Å². The molecule has 0 aliphatic carbocycles. The van der Waals surface area contributed by atoms with E-state index in [0.717, 1.165) is 24.3 Å². The molecule has 4 nitrogen and oxygen atoms in total. The summed E-state index contributed by atoms with van der Waals surface area (Å²) in [6, 6.07) is 3.64. The molecule has 1 aromatic rings. The molecule has 0 radical (unpaired) electrons. The third-order valence-electron chi connectivity index (χ3n) is 2.14. The van der Waals surface area contributed by atoms with Crippen molar-refractivity contribution >= 4 is 5.69 Å². The lowest BCUT2D eigenvalue weighted by Gasteiger charge is -2.22. The fraction of sp³-hybridized carbons (Fsp3) is 0.400. The number of nitro groups is 1. The summed E-state index contributed by atoms with van der Waals surface area (Å²) in [4.78, 5) is 9.53. The number of non-ortho nitro benzene ring substituents is 1. The van der Waals surface area contributed by atoms with Crippen molar-refractivity contribution in [2.45, 2.75) is 18.3 Å². The van der Waals surface area contributed by atoms with E-state index in [1.165, 1.54) is 0 Å². The van der Waals surface area contributed by atoms with Crippen molar-refractivity contribution in [1.29, 1.82) is 0 Å². The van der Waals surface area contributed by atoms with E-state index in [1.54, 1.807) is 0 Å². The van der Waals surface area contributed by atoms with Gasteiger partial charge in [-0.05, 0) is 12.1 Å². The molecule has 0 aliphatic heterocycles. The molecule has 0 saturated carbocycles. The van der Waals surface area contributed by atoms with Crippen molar-refractivity contribution in [3.8, 4) is 5.75 Å². The summed E-state index contributed by atoms with van der Waals surface area (Å²) in [5, 5.41) is 10.3. The first kappa shape index (κ1) is 16.1. The Morgan fingerprint density at radius 2 is 1.65 bits per heavy atom. The molecular weight excluding hydrogens is 296 g/mol. The van der Waals surface area contributed by atoms with Crippen molar-refractivity contribution in [2.24, 2.45) is 0 Å². The van der Waals surface area contributed by atoms with Crippen LogP contribution in [-0.2, 0) is 0 Å². The van der Waals surface area contributed by atoms with Crippen LogP contribution in [0.4, 0.5) is 32.0 Å². The van der Waals surface area contributed by atoms with Gasteiger partial charge in [0.25, 0.3) is 11.9 Å². The predicted octanol–water partition coefficient (Wildman–Crippen LogP) is 3.51. The molecule has 1 atom stereocenters. The SMILES string of the molecule is O=[N+]([O-])c1ccc(OCC(F)(F)C(F)C(F)(F)F)cc1. The maximum Gasteiger partial charge on any atom is 0.425 e. The van der Waals surface area contributed by atoms with Crippen molar-refractivity contribution < 1.29 is 36.0 Å². The van der Waals surface area contributed by atoms with Gasteiger partial charge < -0.3 is 4.74 Å². The Morgan fingerprint density at radius 3 is 2.05 bits per heavy atom. The van der Waals surface area contributed by atoms with Gasteiger partial charge in [-0.15, -0.1) is 0 Å². The minimum atomic E-state index is -5.71. The molecule has 0 heterocycles. The zero-order chi connectivity index (χ0) is 15.6. The van der Waals surface area contributed by atoms with Gasteiger partial charge in [-0.1, -0.05) is 0 Å². The number of alkyl halides is 6. The molecule has 10 heteroatoms. The van der Waals surface area contributed by atoms with Gasteiger partial charge in [-0.2, -0.15) is 22.0 Å². The van der Waals surface area contributed by atoms with Crippen LogP contribution in [0, 0.1) is 10.1 Å². The normalized spacial score (nSPS) is 13.9. The van der Waals surface area contributed by atoms with Crippen molar-refractivity contribution in [2.75, 3.05) is 6.61 Å². The Labute approximate surface area is 108 Å². The molecule has 0 aliphatic rings. The second-order valence-corrected chi connectivity index (χ2v) is 3.70. The fourth-order valence-electron chi connectivity index (χ4n) is 1.16. The number of ether oxygens (including phenoxy) is 1. The first-order valence-corrected chi connectivity index (χ1v) is 5.00. The molecule has 1 unspecified atom stereocenters. The van der Waals surface area contributed by atoms with Crippen LogP contribution in [-0.4, -0.2) is 29.8 Å². The molecule has 112 valence electrons. The van der Waals surface area contributed by atoms with Crippen molar-refractivity contribution in [3.05, 3.63) is 34.4 Å². The predicted molar refractivity (Wildman–Crippen MR) is 54.5 cm³/mol. The lowest BCUT2D eigenvalue weighted by Crippen LogP contribution is -2.45. The van der Waals surface area contributed by atoms with Gasteiger partial charge in [0.05, 0.1) is 4.92 Å². The van der Waals surface area contributed by atoms with Crippen LogP contribution >= 0.6 is 0 Å². The first-order chi connectivity index (χ1) is 9.04. The molecule has 0 fully saturated rings. The van der Waals surface area contributed by atoms with Gasteiger partial charge in [0.1, 0.15) is 5.75 Å². The summed E-state index contributed by atoms with van der Waals surface area (Å²) in [5.74, 6) is -5.11. The summed E-state index contributed by atoms with van der Waals surface area (Å²) in [5.41, 5.74) is -0.359. The molecule has 1 aromatic carbocycles. The molecule has 1 rings (SSSR count). The van der Waals surface area contributed by atoms with E-state index in [-0.39, 0.29) is 11.4 Å². The van der Waals surface area contributed by atoms with Gasteiger partial charge in [0.15, 0.2) is 6.61 Å². The molecule has 0 N–H and O–H groups in total. The van der Waals surface area contributed by atoms with Gasteiger partial charge in [0, 0.05) is 12.1 Å². The number of halogens is 6. The minimum Gasteiger partial charge on any atom is -0.487 e. The molecular formula is C10H7F6NO3. The van der Waals surface area contributed by atoms with E-state index in [9.17, 15) is 36.5 Å². The van der Waals surface area contributed by atoms with E-state index >= 15 is 0 Å². The van der Waals surface area contributed by atoms with Crippen LogP contribution < -0.4 is 4.74 Å². The Balaban J connectivity index is 2.68. The highest BCUT2D eigenvalue weighted by Gasteiger charge is 2.57. The molecule has 0 spiro atoms. The standard InChI is InChI=1S/C10H7F6NO3/c11-8(10(14,15)16)9(12,13)5-20-7-3-1-6(2-4-7)17(18)19/h1-4,8H,5H2. The number of benzene rings is 1. The molecule has 0 amide bonds. The van der Waals surface area contributed by atoms with Crippen LogP contribution in [0.3, 0.4) is 0 Å². The Bertz CT molecular complexity index is 473. The Morgan fingerprint density at radius 1 is 1.15 bits per heavy atom. The third-order valence-corrected chi connectivity index (χ3v) is 2.14. The number of nitrogens with zero attached hydrogens (tertiary/aromatic N) is 1. The summed E-state index contributed by atoms with van der Waals surface area (Å²) < 4.78 is 78.1.